The number of nitrogens with two attached hydrogens (primary N) is 3. The van der Waals surface area contributed by atoms with Crippen LogP contribution in [0.4, 0.5) is 9.59 Å². The predicted octanol–water partition coefficient (Wildman–Crippen LogP) is 6.75. The van der Waals surface area contributed by atoms with E-state index in [1.807, 2.05) is 84.9 Å². The molecule has 10 amide bonds. The first-order valence-corrected chi connectivity index (χ1v) is 42.5. The third-order valence-electron chi connectivity index (χ3n) is 22.1. The lowest BCUT2D eigenvalue weighted by Crippen LogP contribution is -2.61. The number of methoxy groups -OCH3 is 1. The molecule has 6 aliphatic rings. The molecule has 33 heteroatoms. The number of hydrazine groups is 1. The molecule has 0 aromatic heterocycles. The minimum Gasteiger partial charge on any atom is -0.487 e. The van der Waals surface area contributed by atoms with Crippen LogP contribution in [0.5, 0.6) is 11.5 Å². The number of ether oxygens (including phenoxy) is 6. The average molecular weight is 1750 g/mol. The standard InChI is InChI=1S/C94H125N15O18/c1-19-40-123-88(119)74-44-58-32-38-70(39-33-58)125-54-66(96)50-109(97)68-48-76(108(52-68)86(117)78(92(7,8)9)104-80(111)56(3)106(17)90(121)127-94(13,14)15)84(115)100-71(45-59-28-34-61-24-20-22-26-63(61)41-59)81(112)101-73(87(118)122-18)43-57-30-36-69(37-31-57)124-53-65(95)49-98-67-47-75(83(114)99-72(82(113)102-74)46-60-29-35-62-25-21-23-27-64(62)42-60)107(51-67)85(116)77(91(4,5)6)103-79(110)55(2)105(16)89(120)126-93(10,11)12/h19-39,41-42,49-50,55-56,67-68,71-78,98H,1,40,43-48,51-54,95-97H2,2-18H3,(H,99,114)(H,100,115)(H,101,112)(H,102,113)(H,103,110)(H,104,111)/b65-49-,66-50-/t55-,56-,67-,68-,71-,72-,73-,74-,75-,76-,77+,78+/m0/s1. The minimum atomic E-state index is -1.43. The zero-order valence-corrected chi connectivity index (χ0v) is 75.7. The fourth-order valence-corrected chi connectivity index (χ4v) is 14.8. The van der Waals surface area contributed by atoms with Gasteiger partial charge in [-0.1, -0.05) is 163 Å². The number of esters is 2. The zero-order valence-electron chi connectivity index (χ0n) is 75.7. The molecule has 12 atom stereocenters. The van der Waals surface area contributed by atoms with E-state index >= 15 is 28.8 Å². The predicted molar refractivity (Wildman–Crippen MR) is 479 cm³/mol. The number of nitrogens with one attached hydrogen (secondary N) is 7. The number of likely N-dealkylation sites (N-methyl/N-ethyl adjacent to an activating group) is 2. The monoisotopic (exact) mass is 1750 g/mol. The fraction of sp³-hybridized carbons (Fsp3) is 0.468. The maximum atomic E-state index is 15.6. The molecule has 6 heterocycles. The van der Waals surface area contributed by atoms with E-state index in [2.05, 4.69) is 43.8 Å². The Bertz CT molecular complexity index is 5050. The number of benzene rings is 6. The molecule has 6 aromatic rings. The molecule has 0 spiro atoms. The Morgan fingerprint density at radius 1 is 0.543 bits per heavy atom. The van der Waals surface area contributed by atoms with Crippen molar-refractivity contribution in [2.45, 2.75) is 219 Å². The van der Waals surface area contributed by atoms with E-state index < -0.39 is 166 Å². The fourth-order valence-electron chi connectivity index (χ4n) is 14.8. The van der Waals surface area contributed by atoms with Crippen LogP contribution in [0.15, 0.2) is 170 Å². The zero-order chi connectivity index (χ0) is 93.3. The van der Waals surface area contributed by atoms with Crippen molar-refractivity contribution in [3.05, 3.63) is 192 Å². The van der Waals surface area contributed by atoms with E-state index in [0.29, 0.717) is 33.8 Å². The first-order chi connectivity index (χ1) is 59.7. The highest BCUT2D eigenvalue weighted by Gasteiger charge is 2.50. The number of nitrogens with zero attached hydrogens (tertiary/aromatic N) is 5. The summed E-state index contributed by atoms with van der Waals surface area (Å²) in [7, 11) is 3.96. The summed E-state index contributed by atoms with van der Waals surface area (Å²) in [6.07, 6.45) is 1.89. The second-order valence-corrected chi connectivity index (χ2v) is 36.8. The van der Waals surface area contributed by atoms with Gasteiger partial charge in [0.05, 0.1) is 24.5 Å². The van der Waals surface area contributed by atoms with Crippen LogP contribution in [-0.4, -0.2) is 234 Å². The van der Waals surface area contributed by atoms with Crippen LogP contribution in [0.25, 0.3) is 21.5 Å². The second kappa shape index (κ2) is 42.4. The average Bonchev–Trinajstić information content (AvgIpc) is 1.66. The van der Waals surface area contributed by atoms with Crippen molar-refractivity contribution in [1.82, 2.24) is 61.8 Å². The van der Waals surface area contributed by atoms with Gasteiger partial charge in [0.2, 0.25) is 47.3 Å². The van der Waals surface area contributed by atoms with Crippen LogP contribution in [-0.2, 0) is 92.6 Å². The molecule has 8 bridgehead atoms. The van der Waals surface area contributed by atoms with Crippen molar-refractivity contribution in [3.8, 4) is 11.5 Å². The van der Waals surface area contributed by atoms with Crippen molar-refractivity contribution in [3.63, 3.8) is 0 Å². The lowest BCUT2D eigenvalue weighted by molar-refractivity contribution is -0.147. The Morgan fingerprint density at radius 3 is 1.37 bits per heavy atom. The molecular formula is C94H125N15O18. The molecule has 2 fully saturated rings. The van der Waals surface area contributed by atoms with Gasteiger partial charge < -0.3 is 91.9 Å². The highest BCUT2D eigenvalue weighted by Crippen LogP contribution is 2.32. The molecule has 33 nitrogen and oxygen atoms in total. The van der Waals surface area contributed by atoms with Gasteiger partial charge in [-0.15, -0.1) is 0 Å². The van der Waals surface area contributed by atoms with Gasteiger partial charge in [-0.2, -0.15) is 0 Å². The van der Waals surface area contributed by atoms with Crippen molar-refractivity contribution in [2.75, 3.05) is 54.1 Å². The van der Waals surface area contributed by atoms with Crippen molar-refractivity contribution in [2.24, 2.45) is 28.1 Å². The number of rotatable bonds is 16. The molecule has 12 rings (SSSR count). The largest absolute Gasteiger partial charge is 0.487 e. The van der Waals surface area contributed by atoms with Crippen LogP contribution >= 0.6 is 0 Å². The van der Waals surface area contributed by atoms with Gasteiger partial charge in [-0.05, 0) is 141 Å². The number of likely N-dealkylation sites (tertiary alicyclic amines) is 2. The van der Waals surface area contributed by atoms with E-state index in [-0.39, 0.29) is 82.8 Å². The van der Waals surface area contributed by atoms with Crippen LogP contribution < -0.4 is 64.0 Å². The molecular weight excluding hydrogens is 1630 g/mol. The van der Waals surface area contributed by atoms with Crippen LogP contribution in [0.2, 0.25) is 0 Å². The maximum Gasteiger partial charge on any atom is 0.410 e. The van der Waals surface area contributed by atoms with Gasteiger partial charge in [0.1, 0.15) is 103 Å². The summed E-state index contributed by atoms with van der Waals surface area (Å²) in [5.41, 5.74) is 12.0. The Kier molecular flexibility index (Phi) is 32.6. The van der Waals surface area contributed by atoms with Gasteiger partial charge >= 0.3 is 24.1 Å². The maximum absolute atomic E-state index is 15.6. The van der Waals surface area contributed by atoms with E-state index in [9.17, 15) is 28.8 Å². The smallest absolute Gasteiger partial charge is 0.410 e. The summed E-state index contributed by atoms with van der Waals surface area (Å²) < 4.78 is 34.3. The van der Waals surface area contributed by atoms with E-state index in [1.165, 1.54) is 68.3 Å². The van der Waals surface area contributed by atoms with E-state index in [0.717, 1.165) is 31.3 Å². The third-order valence-corrected chi connectivity index (χ3v) is 22.1. The van der Waals surface area contributed by atoms with Gasteiger partial charge in [-0.25, -0.2) is 25.0 Å². The molecule has 6 aliphatic heterocycles. The van der Waals surface area contributed by atoms with Crippen LogP contribution in [0, 0.1) is 10.8 Å². The van der Waals surface area contributed by atoms with Crippen molar-refractivity contribution in [1.29, 1.82) is 0 Å². The lowest BCUT2D eigenvalue weighted by atomic mass is 9.85. The highest BCUT2D eigenvalue weighted by molar-refractivity contribution is 5.99. The summed E-state index contributed by atoms with van der Waals surface area (Å²) in [5, 5.41) is 25.3. The number of hydrogen-bond donors (Lipinski definition) is 10. The molecule has 2 saturated heterocycles. The number of fused-ring (bicyclic) bond motifs is 2. The summed E-state index contributed by atoms with van der Waals surface area (Å²) in [5.74, 6) is -0.0763. The minimum absolute atomic E-state index is 0.0717. The second-order valence-electron chi connectivity index (χ2n) is 36.8. The third kappa shape index (κ3) is 27.3. The van der Waals surface area contributed by atoms with E-state index in [1.54, 1.807) is 132 Å². The lowest BCUT2D eigenvalue weighted by Gasteiger charge is -2.37. The molecule has 0 aliphatic carbocycles. The topological polar surface area (TPSA) is 439 Å². The first-order valence-electron chi connectivity index (χ1n) is 42.5. The molecule has 13 N–H and O–H groups in total. The summed E-state index contributed by atoms with van der Waals surface area (Å²) in [6.45, 7) is 26.1. The van der Waals surface area contributed by atoms with Crippen LogP contribution in [0.3, 0.4) is 0 Å². The Balaban J connectivity index is 1.08. The number of carbonyl (C=O) groups excluding carboxylic acids is 12. The summed E-state index contributed by atoms with van der Waals surface area (Å²) in [4.78, 5) is 181. The Labute approximate surface area is 742 Å². The highest BCUT2D eigenvalue weighted by atomic mass is 16.6. The molecule has 127 heavy (non-hydrogen) atoms. The summed E-state index contributed by atoms with van der Waals surface area (Å²) in [6, 6.07) is 24.5. The van der Waals surface area contributed by atoms with E-state index in [4.69, 9.17) is 45.7 Å². The van der Waals surface area contributed by atoms with Gasteiger partial charge in [-0.3, -0.25) is 48.2 Å². The summed E-state index contributed by atoms with van der Waals surface area (Å²) >= 11 is 0. The number of hydrogen-bond acceptors (Lipinski definition) is 23. The number of amides is 10. The molecule has 0 unspecified atom stereocenters. The SMILES string of the molecule is C=CCOC(=O)[C@@H]1Cc2ccc(cc2)OC/C(N)=C/N(N)[C@H]2C[C@@H](C(=O)N[C@@H](Cc3ccc4ccccc4c3)C(=O)N[C@H](C(=O)OC)Cc3ccc(cc3)OC/C(N)=C/N[C@H]3C[C@@H](C(=O)N[C@@H](Cc4ccc5ccccc5c4)C(=O)N1)N(C(=O)[C@@H](NC(=O)[C@H](C)N(C)C(=O)OC(C)(C)C)C(C)(C)C)C3)N(C(=O)[C@@H](NC(=O)[C@H](C)N(C)C(=O)OC(C)(C)C)C(C)(C)C)C2. The van der Waals surface area contributed by atoms with Gasteiger partial charge in [0.15, 0.2) is 0 Å². The Hall–Kier alpha value is -12.9. The van der Waals surface area contributed by atoms with Gasteiger partial charge in [0, 0.05) is 77.7 Å². The van der Waals surface area contributed by atoms with Crippen molar-refractivity contribution >= 4 is 92.9 Å². The molecule has 6 aromatic carbocycles. The number of carbonyl (C=O) groups is 12. The van der Waals surface area contributed by atoms with Gasteiger partial charge in [0.25, 0.3) is 0 Å². The normalized spacial score (nSPS) is 21.6. The van der Waals surface area contributed by atoms with Crippen molar-refractivity contribution < 1.29 is 86.0 Å². The Morgan fingerprint density at radius 2 is 0.953 bits per heavy atom. The molecule has 0 radical (unpaired) electrons. The molecule has 0 saturated carbocycles. The quantitative estimate of drug-likeness (QED) is 0.0207. The van der Waals surface area contributed by atoms with Crippen LogP contribution in [0.1, 0.15) is 132 Å². The first kappa shape index (κ1) is 97.9. The molecule has 684 valence electrons.